The Kier molecular flexibility index (Phi) is 4.93. The first-order chi connectivity index (χ1) is 8.08. The molecule has 5 heteroatoms. The molecule has 0 saturated heterocycles. The van der Waals surface area contributed by atoms with Gasteiger partial charge in [0.15, 0.2) is 0 Å². The molecule has 0 heterocycles. The highest BCUT2D eigenvalue weighted by Gasteiger charge is 2.20. The SMILES string of the molecule is COc1cccc(CN(C)C(CN)C(=O)O)c1. The van der Waals surface area contributed by atoms with Gasteiger partial charge in [-0.1, -0.05) is 12.1 Å². The highest BCUT2D eigenvalue weighted by molar-refractivity contribution is 5.73. The van der Waals surface area contributed by atoms with Crippen LogP contribution in [0.5, 0.6) is 5.75 Å². The van der Waals surface area contributed by atoms with Crippen LogP contribution in [0.15, 0.2) is 24.3 Å². The smallest absolute Gasteiger partial charge is 0.322 e. The third-order valence-corrected chi connectivity index (χ3v) is 2.61. The van der Waals surface area contributed by atoms with Gasteiger partial charge < -0.3 is 15.6 Å². The fraction of sp³-hybridized carbons (Fsp3) is 0.417. The minimum absolute atomic E-state index is 0.0931. The fourth-order valence-corrected chi connectivity index (χ4v) is 1.64. The molecule has 94 valence electrons. The lowest BCUT2D eigenvalue weighted by Gasteiger charge is -2.23. The van der Waals surface area contributed by atoms with E-state index >= 15 is 0 Å². The first kappa shape index (κ1) is 13.5. The lowest BCUT2D eigenvalue weighted by atomic mass is 10.1. The largest absolute Gasteiger partial charge is 0.497 e. The van der Waals surface area contributed by atoms with Crippen molar-refractivity contribution in [2.75, 3.05) is 20.7 Å². The molecule has 0 fully saturated rings. The highest BCUT2D eigenvalue weighted by atomic mass is 16.5. The summed E-state index contributed by atoms with van der Waals surface area (Å²) in [6.07, 6.45) is 0. The van der Waals surface area contributed by atoms with E-state index in [1.165, 1.54) is 0 Å². The molecule has 1 aromatic carbocycles. The number of likely N-dealkylation sites (N-methyl/N-ethyl adjacent to an activating group) is 1. The first-order valence-corrected chi connectivity index (χ1v) is 5.34. The number of hydrogen-bond donors (Lipinski definition) is 2. The molecule has 1 atom stereocenters. The molecular weight excluding hydrogens is 220 g/mol. The van der Waals surface area contributed by atoms with E-state index in [-0.39, 0.29) is 6.54 Å². The molecule has 0 aliphatic heterocycles. The molecule has 5 nitrogen and oxygen atoms in total. The average Bonchev–Trinajstić information content (AvgIpc) is 2.29. The zero-order valence-electron chi connectivity index (χ0n) is 10.1. The Hall–Kier alpha value is -1.59. The second-order valence-electron chi connectivity index (χ2n) is 3.86. The van der Waals surface area contributed by atoms with Crippen LogP contribution in [0.1, 0.15) is 5.56 Å². The molecular formula is C12H18N2O3. The van der Waals surface area contributed by atoms with E-state index in [0.717, 1.165) is 11.3 Å². The molecule has 0 amide bonds. The maximum atomic E-state index is 10.9. The molecule has 0 aliphatic carbocycles. The van der Waals surface area contributed by atoms with E-state index in [0.29, 0.717) is 6.54 Å². The molecule has 1 aromatic rings. The average molecular weight is 238 g/mol. The van der Waals surface area contributed by atoms with Gasteiger partial charge in [-0.15, -0.1) is 0 Å². The molecule has 0 saturated carbocycles. The maximum Gasteiger partial charge on any atom is 0.322 e. The van der Waals surface area contributed by atoms with Crippen molar-refractivity contribution in [3.05, 3.63) is 29.8 Å². The summed E-state index contributed by atoms with van der Waals surface area (Å²) < 4.78 is 5.11. The number of hydrogen-bond acceptors (Lipinski definition) is 4. The Morgan fingerprint density at radius 1 is 1.59 bits per heavy atom. The summed E-state index contributed by atoms with van der Waals surface area (Å²) >= 11 is 0. The summed E-state index contributed by atoms with van der Waals surface area (Å²) in [6, 6.07) is 6.86. The fourth-order valence-electron chi connectivity index (χ4n) is 1.64. The van der Waals surface area contributed by atoms with E-state index < -0.39 is 12.0 Å². The van der Waals surface area contributed by atoms with Crippen molar-refractivity contribution in [2.45, 2.75) is 12.6 Å². The number of carbonyl (C=O) groups is 1. The van der Waals surface area contributed by atoms with E-state index in [1.807, 2.05) is 24.3 Å². The second-order valence-corrected chi connectivity index (χ2v) is 3.86. The van der Waals surface area contributed by atoms with Gasteiger partial charge in [-0.25, -0.2) is 0 Å². The van der Waals surface area contributed by atoms with Crippen LogP contribution in [0, 0.1) is 0 Å². The monoisotopic (exact) mass is 238 g/mol. The number of carboxylic acid groups (broad SMARTS) is 1. The molecule has 0 aliphatic rings. The van der Waals surface area contributed by atoms with Crippen LogP contribution in [0.3, 0.4) is 0 Å². The quantitative estimate of drug-likeness (QED) is 0.756. The standard InChI is InChI=1S/C12H18N2O3/c1-14(11(7-13)12(15)16)8-9-4-3-5-10(6-9)17-2/h3-6,11H,7-8,13H2,1-2H3,(H,15,16). The number of ether oxygens (including phenoxy) is 1. The molecule has 17 heavy (non-hydrogen) atoms. The zero-order chi connectivity index (χ0) is 12.8. The van der Waals surface area contributed by atoms with Gasteiger partial charge in [0.1, 0.15) is 11.8 Å². The summed E-state index contributed by atoms with van der Waals surface area (Å²) in [4.78, 5) is 12.6. The number of nitrogens with zero attached hydrogens (tertiary/aromatic N) is 1. The normalized spacial score (nSPS) is 12.5. The van der Waals surface area contributed by atoms with Gasteiger partial charge in [0.2, 0.25) is 0 Å². The van der Waals surface area contributed by atoms with Crippen LogP contribution in [-0.2, 0) is 11.3 Å². The third-order valence-electron chi connectivity index (χ3n) is 2.61. The van der Waals surface area contributed by atoms with Crippen LogP contribution in [0.4, 0.5) is 0 Å². The van der Waals surface area contributed by atoms with E-state index in [9.17, 15) is 4.79 Å². The molecule has 1 unspecified atom stereocenters. The predicted octanol–water partition coefficient (Wildman–Crippen LogP) is 0.539. The summed E-state index contributed by atoms with van der Waals surface area (Å²) in [5, 5.41) is 8.98. The van der Waals surface area contributed by atoms with Crippen molar-refractivity contribution in [3.8, 4) is 5.75 Å². The number of aliphatic carboxylic acids is 1. The molecule has 0 radical (unpaired) electrons. The molecule has 3 N–H and O–H groups in total. The van der Waals surface area contributed by atoms with Crippen molar-refractivity contribution in [1.29, 1.82) is 0 Å². The van der Waals surface area contributed by atoms with Crippen molar-refractivity contribution < 1.29 is 14.6 Å². The Morgan fingerprint density at radius 3 is 2.82 bits per heavy atom. The zero-order valence-corrected chi connectivity index (χ0v) is 10.1. The lowest BCUT2D eigenvalue weighted by molar-refractivity contribution is -0.142. The predicted molar refractivity (Wildman–Crippen MR) is 64.9 cm³/mol. The number of carboxylic acids is 1. The van der Waals surface area contributed by atoms with Crippen molar-refractivity contribution in [3.63, 3.8) is 0 Å². The van der Waals surface area contributed by atoms with Crippen LogP contribution in [-0.4, -0.2) is 42.7 Å². The van der Waals surface area contributed by atoms with Gasteiger partial charge in [-0.2, -0.15) is 0 Å². The van der Waals surface area contributed by atoms with Gasteiger partial charge in [0.25, 0.3) is 0 Å². The number of methoxy groups -OCH3 is 1. The molecule has 0 aromatic heterocycles. The minimum atomic E-state index is -0.905. The van der Waals surface area contributed by atoms with Crippen molar-refractivity contribution in [2.24, 2.45) is 5.73 Å². The Labute approximate surface area is 101 Å². The van der Waals surface area contributed by atoms with Crippen LogP contribution in [0.2, 0.25) is 0 Å². The van der Waals surface area contributed by atoms with Crippen molar-refractivity contribution in [1.82, 2.24) is 4.90 Å². The van der Waals surface area contributed by atoms with E-state index in [4.69, 9.17) is 15.6 Å². The molecule has 1 rings (SSSR count). The number of benzene rings is 1. The summed E-state index contributed by atoms with van der Waals surface area (Å²) in [7, 11) is 3.34. The Bertz CT molecular complexity index is 382. The first-order valence-electron chi connectivity index (χ1n) is 5.34. The highest BCUT2D eigenvalue weighted by Crippen LogP contribution is 2.14. The van der Waals surface area contributed by atoms with E-state index in [2.05, 4.69) is 0 Å². The van der Waals surface area contributed by atoms with Gasteiger partial charge >= 0.3 is 5.97 Å². The Morgan fingerprint density at radius 2 is 2.29 bits per heavy atom. The van der Waals surface area contributed by atoms with Crippen LogP contribution >= 0.6 is 0 Å². The van der Waals surface area contributed by atoms with Gasteiger partial charge in [-0.05, 0) is 24.7 Å². The van der Waals surface area contributed by atoms with Crippen LogP contribution < -0.4 is 10.5 Å². The summed E-state index contributed by atoms with van der Waals surface area (Å²) in [5.41, 5.74) is 6.43. The Balaban J connectivity index is 2.72. The summed E-state index contributed by atoms with van der Waals surface area (Å²) in [5.74, 6) is -0.145. The molecule has 0 bridgehead atoms. The van der Waals surface area contributed by atoms with Gasteiger partial charge in [0, 0.05) is 13.1 Å². The number of rotatable bonds is 6. The van der Waals surface area contributed by atoms with Crippen LogP contribution in [0.25, 0.3) is 0 Å². The molecule has 0 spiro atoms. The third kappa shape index (κ3) is 3.72. The minimum Gasteiger partial charge on any atom is -0.497 e. The van der Waals surface area contributed by atoms with Crippen molar-refractivity contribution >= 4 is 5.97 Å². The van der Waals surface area contributed by atoms with Gasteiger partial charge in [-0.3, -0.25) is 9.69 Å². The maximum absolute atomic E-state index is 10.9. The lowest BCUT2D eigenvalue weighted by Crippen LogP contribution is -2.43. The van der Waals surface area contributed by atoms with E-state index in [1.54, 1.807) is 19.1 Å². The second kappa shape index (κ2) is 6.22. The number of nitrogens with two attached hydrogens (primary N) is 1. The topological polar surface area (TPSA) is 75.8 Å². The van der Waals surface area contributed by atoms with Gasteiger partial charge in [0.05, 0.1) is 7.11 Å². The summed E-state index contributed by atoms with van der Waals surface area (Å²) in [6.45, 7) is 0.612.